The summed E-state index contributed by atoms with van der Waals surface area (Å²) in [7, 11) is 0. The average Bonchev–Trinajstić information content (AvgIpc) is 3.00. The normalized spacial score (nSPS) is 26.8. The minimum absolute atomic E-state index is 0.117. The SMILES string of the molecule is O=C1O[C@H]2C[C@@H]1N(C(=O)/C=C/c1ccco1)C2. The number of morpholine rings is 1. The lowest BCUT2D eigenvalue weighted by Gasteiger charge is -2.24. The van der Waals surface area contributed by atoms with Crippen molar-refractivity contribution in [1.82, 2.24) is 4.90 Å². The van der Waals surface area contributed by atoms with E-state index in [-0.39, 0.29) is 18.0 Å². The Bertz CT molecular complexity index is 477. The highest BCUT2D eigenvalue weighted by atomic mass is 16.6. The lowest BCUT2D eigenvalue weighted by atomic mass is 10.2. The lowest BCUT2D eigenvalue weighted by molar-refractivity contribution is -0.155. The summed E-state index contributed by atoms with van der Waals surface area (Å²) in [6.07, 6.45) is 5.07. The van der Waals surface area contributed by atoms with E-state index in [2.05, 4.69) is 0 Å². The number of carbonyl (C=O) groups is 2. The number of ether oxygens (including phenoxy) is 1. The molecule has 1 amide bonds. The second-order valence-electron chi connectivity index (χ2n) is 4.15. The van der Waals surface area contributed by atoms with Crippen LogP contribution < -0.4 is 0 Å². The van der Waals surface area contributed by atoms with Gasteiger partial charge in [-0.3, -0.25) is 4.79 Å². The smallest absolute Gasteiger partial charge is 0.329 e. The number of rotatable bonds is 2. The largest absolute Gasteiger partial charge is 0.465 e. The van der Waals surface area contributed by atoms with Gasteiger partial charge in [0.1, 0.15) is 17.9 Å². The Morgan fingerprint density at radius 3 is 3.06 bits per heavy atom. The Morgan fingerprint density at radius 1 is 1.53 bits per heavy atom. The molecule has 5 nitrogen and oxygen atoms in total. The predicted octanol–water partition coefficient (Wildman–Crippen LogP) is 0.819. The van der Waals surface area contributed by atoms with Crippen LogP contribution in [0.25, 0.3) is 6.08 Å². The number of nitrogens with zero attached hydrogens (tertiary/aromatic N) is 1. The van der Waals surface area contributed by atoms with Crippen molar-refractivity contribution < 1.29 is 18.7 Å². The molecular weight excluding hydrogens is 222 g/mol. The van der Waals surface area contributed by atoms with Crippen molar-refractivity contribution in [3.05, 3.63) is 30.2 Å². The topological polar surface area (TPSA) is 59.8 Å². The molecule has 2 saturated heterocycles. The van der Waals surface area contributed by atoms with Crippen LogP contribution in [0.4, 0.5) is 0 Å². The van der Waals surface area contributed by atoms with Gasteiger partial charge >= 0.3 is 5.97 Å². The minimum Gasteiger partial charge on any atom is -0.465 e. The molecule has 17 heavy (non-hydrogen) atoms. The van der Waals surface area contributed by atoms with E-state index in [4.69, 9.17) is 9.15 Å². The fourth-order valence-corrected chi connectivity index (χ4v) is 2.23. The summed E-state index contributed by atoms with van der Waals surface area (Å²) in [5.41, 5.74) is 0. The zero-order valence-corrected chi connectivity index (χ0v) is 9.04. The number of amides is 1. The first-order valence-electron chi connectivity index (χ1n) is 5.47. The van der Waals surface area contributed by atoms with E-state index in [1.807, 2.05) is 0 Å². The third-order valence-corrected chi connectivity index (χ3v) is 3.03. The second kappa shape index (κ2) is 3.76. The van der Waals surface area contributed by atoms with E-state index in [9.17, 15) is 9.59 Å². The lowest BCUT2D eigenvalue weighted by Crippen LogP contribution is -2.43. The Hall–Kier alpha value is -2.04. The van der Waals surface area contributed by atoms with Gasteiger partial charge in [0.15, 0.2) is 0 Å². The molecule has 1 aromatic rings. The maximum atomic E-state index is 11.9. The van der Waals surface area contributed by atoms with Crippen LogP contribution in [0, 0.1) is 0 Å². The molecule has 2 bridgehead atoms. The first kappa shape index (κ1) is 10.1. The maximum Gasteiger partial charge on any atom is 0.329 e. The molecule has 0 aromatic carbocycles. The summed E-state index contributed by atoms with van der Waals surface area (Å²) >= 11 is 0. The molecule has 0 spiro atoms. The highest BCUT2D eigenvalue weighted by Gasteiger charge is 2.47. The van der Waals surface area contributed by atoms with E-state index in [0.29, 0.717) is 18.7 Å². The van der Waals surface area contributed by atoms with Gasteiger partial charge in [-0.05, 0) is 18.2 Å². The molecule has 2 fully saturated rings. The van der Waals surface area contributed by atoms with Gasteiger partial charge in [0.25, 0.3) is 0 Å². The molecule has 2 aliphatic rings. The maximum absolute atomic E-state index is 11.9. The van der Waals surface area contributed by atoms with E-state index in [1.54, 1.807) is 29.4 Å². The van der Waals surface area contributed by atoms with Gasteiger partial charge in [-0.15, -0.1) is 0 Å². The molecule has 3 rings (SSSR count). The van der Waals surface area contributed by atoms with Gasteiger partial charge in [0.05, 0.1) is 12.8 Å². The van der Waals surface area contributed by atoms with Crippen molar-refractivity contribution in [1.29, 1.82) is 0 Å². The molecular formula is C12H11NO4. The summed E-state index contributed by atoms with van der Waals surface area (Å²) in [5, 5.41) is 0. The standard InChI is InChI=1S/C12H11NO4/c14-11(4-3-8-2-1-5-16-8)13-7-9-6-10(13)12(15)17-9/h1-5,9-10H,6-7H2/b4-3+/t9-,10-/m0/s1. The second-order valence-corrected chi connectivity index (χ2v) is 4.15. The molecule has 2 aliphatic heterocycles. The summed E-state index contributed by atoms with van der Waals surface area (Å²) in [5.74, 6) is 0.150. The molecule has 5 heteroatoms. The first-order valence-corrected chi connectivity index (χ1v) is 5.47. The van der Waals surface area contributed by atoms with Crippen molar-refractivity contribution in [2.75, 3.05) is 6.54 Å². The van der Waals surface area contributed by atoms with E-state index < -0.39 is 6.04 Å². The van der Waals surface area contributed by atoms with E-state index in [1.165, 1.54) is 6.08 Å². The molecule has 3 heterocycles. The van der Waals surface area contributed by atoms with Gasteiger partial charge in [-0.2, -0.15) is 0 Å². The summed E-state index contributed by atoms with van der Waals surface area (Å²) in [4.78, 5) is 24.7. The molecule has 0 radical (unpaired) electrons. The monoisotopic (exact) mass is 233 g/mol. The number of hydrogen-bond acceptors (Lipinski definition) is 4. The summed E-state index contributed by atoms with van der Waals surface area (Å²) in [6, 6.07) is 3.11. The molecule has 0 N–H and O–H groups in total. The number of fused-ring (bicyclic) bond motifs is 2. The van der Waals surface area contributed by atoms with Crippen LogP contribution in [-0.4, -0.2) is 35.5 Å². The van der Waals surface area contributed by atoms with Crippen LogP contribution in [-0.2, 0) is 14.3 Å². The number of furan rings is 1. The van der Waals surface area contributed by atoms with Gasteiger partial charge in [-0.25, -0.2) is 4.79 Å². The zero-order valence-electron chi connectivity index (χ0n) is 9.04. The van der Waals surface area contributed by atoms with Crippen molar-refractivity contribution >= 4 is 18.0 Å². The van der Waals surface area contributed by atoms with E-state index >= 15 is 0 Å². The van der Waals surface area contributed by atoms with Gasteiger partial charge in [0, 0.05) is 12.5 Å². The summed E-state index contributed by atoms with van der Waals surface area (Å²) < 4.78 is 10.1. The Balaban J connectivity index is 1.70. The number of likely N-dealkylation sites (tertiary alicyclic amines) is 1. The van der Waals surface area contributed by atoms with Crippen LogP contribution in [0.3, 0.4) is 0 Å². The fraction of sp³-hybridized carbons (Fsp3) is 0.333. The van der Waals surface area contributed by atoms with Crippen molar-refractivity contribution in [2.45, 2.75) is 18.6 Å². The van der Waals surface area contributed by atoms with Crippen molar-refractivity contribution in [2.24, 2.45) is 0 Å². The third-order valence-electron chi connectivity index (χ3n) is 3.03. The third kappa shape index (κ3) is 1.73. The van der Waals surface area contributed by atoms with Crippen molar-refractivity contribution in [3.8, 4) is 0 Å². The quantitative estimate of drug-likeness (QED) is 0.560. The highest BCUT2D eigenvalue weighted by molar-refractivity contribution is 5.95. The predicted molar refractivity (Wildman–Crippen MR) is 57.7 cm³/mol. The summed E-state index contributed by atoms with van der Waals surface area (Å²) in [6.45, 7) is 0.498. The van der Waals surface area contributed by atoms with Crippen LogP contribution in [0.15, 0.2) is 28.9 Å². The van der Waals surface area contributed by atoms with E-state index in [0.717, 1.165) is 0 Å². The molecule has 2 atom stereocenters. The van der Waals surface area contributed by atoms with Gasteiger partial charge in [0.2, 0.25) is 5.91 Å². The van der Waals surface area contributed by atoms with Crippen LogP contribution in [0.5, 0.6) is 0 Å². The number of esters is 1. The van der Waals surface area contributed by atoms with Crippen LogP contribution in [0.2, 0.25) is 0 Å². The van der Waals surface area contributed by atoms with Crippen LogP contribution >= 0.6 is 0 Å². The Kier molecular flexibility index (Phi) is 2.24. The Labute approximate surface area is 97.6 Å². The number of carbonyl (C=O) groups excluding carboxylic acids is 2. The Morgan fingerprint density at radius 2 is 2.41 bits per heavy atom. The molecule has 0 aliphatic carbocycles. The molecule has 0 saturated carbocycles. The highest BCUT2D eigenvalue weighted by Crippen LogP contribution is 2.29. The molecule has 1 aromatic heterocycles. The van der Waals surface area contributed by atoms with Crippen LogP contribution in [0.1, 0.15) is 12.2 Å². The molecule has 88 valence electrons. The zero-order chi connectivity index (χ0) is 11.8. The average molecular weight is 233 g/mol. The number of hydrogen-bond donors (Lipinski definition) is 0. The van der Waals surface area contributed by atoms with Crippen molar-refractivity contribution in [3.63, 3.8) is 0 Å². The molecule has 0 unspecified atom stereocenters. The fourth-order valence-electron chi connectivity index (χ4n) is 2.23. The van der Waals surface area contributed by atoms with Gasteiger partial charge in [-0.1, -0.05) is 0 Å². The first-order chi connectivity index (χ1) is 8.24. The van der Waals surface area contributed by atoms with Gasteiger partial charge < -0.3 is 14.1 Å². The minimum atomic E-state index is -0.395.